The van der Waals surface area contributed by atoms with Crippen molar-refractivity contribution >= 4 is 46.5 Å². The molecule has 2 aromatic carbocycles. The van der Waals surface area contributed by atoms with E-state index in [1.165, 1.54) is 0 Å². The number of esters is 1. The zero-order valence-corrected chi connectivity index (χ0v) is 16.2. The number of carbonyl (C=O) groups excluding carboxylic acids is 1. The van der Waals surface area contributed by atoms with Gasteiger partial charge in [-0.25, -0.2) is 4.79 Å². The van der Waals surface area contributed by atoms with E-state index in [-0.39, 0.29) is 6.61 Å². The van der Waals surface area contributed by atoms with Gasteiger partial charge in [0.2, 0.25) is 0 Å². The molecule has 0 bridgehead atoms. The molecule has 2 N–H and O–H groups in total. The van der Waals surface area contributed by atoms with E-state index >= 15 is 0 Å². The Balaban J connectivity index is 1.90. The van der Waals surface area contributed by atoms with Gasteiger partial charge in [-0.05, 0) is 36.3 Å². The van der Waals surface area contributed by atoms with Gasteiger partial charge in [-0.2, -0.15) is 0 Å². The molecular weight excluding hydrogens is 391 g/mol. The Morgan fingerprint density at radius 2 is 1.88 bits per heavy atom. The first-order chi connectivity index (χ1) is 12.5. The number of carbonyl (C=O) groups is 1. The molecule has 3 rings (SSSR count). The number of hydrogen-bond acceptors (Lipinski definition) is 3. The number of ether oxygens (including phenoxy) is 1. The summed E-state index contributed by atoms with van der Waals surface area (Å²) in [7, 11) is 0. The van der Waals surface area contributed by atoms with Gasteiger partial charge in [-0.3, -0.25) is 0 Å². The van der Waals surface area contributed by atoms with E-state index in [4.69, 9.17) is 40.2 Å². The Kier molecular flexibility index (Phi) is 5.81. The van der Waals surface area contributed by atoms with Crippen molar-refractivity contribution in [1.82, 2.24) is 10.6 Å². The molecule has 1 atom stereocenters. The lowest BCUT2D eigenvalue weighted by Gasteiger charge is -2.30. The van der Waals surface area contributed by atoms with E-state index in [2.05, 4.69) is 10.6 Å². The predicted molar refractivity (Wildman–Crippen MR) is 107 cm³/mol. The van der Waals surface area contributed by atoms with Crippen LogP contribution in [0.25, 0.3) is 0 Å². The van der Waals surface area contributed by atoms with Gasteiger partial charge >= 0.3 is 5.97 Å². The molecule has 0 fully saturated rings. The third kappa shape index (κ3) is 4.01. The number of nitrogens with one attached hydrogen (secondary N) is 2. The minimum absolute atomic E-state index is 0.177. The monoisotopic (exact) mass is 406 g/mol. The van der Waals surface area contributed by atoms with Gasteiger partial charge in [-0.1, -0.05) is 65.7 Å². The molecule has 134 valence electrons. The number of hydrogen-bond donors (Lipinski definition) is 2. The quantitative estimate of drug-likeness (QED) is 0.576. The highest BCUT2D eigenvalue weighted by Crippen LogP contribution is 2.35. The number of thiocarbonyl (C=S) groups is 1. The van der Waals surface area contributed by atoms with E-state index in [0.717, 1.165) is 5.56 Å². The molecule has 0 amide bonds. The normalized spacial score (nSPS) is 16.7. The lowest BCUT2D eigenvalue weighted by atomic mass is 9.95. The summed E-state index contributed by atoms with van der Waals surface area (Å²) in [6, 6.07) is 14.2. The minimum atomic E-state index is -0.543. The highest BCUT2D eigenvalue weighted by atomic mass is 35.5. The van der Waals surface area contributed by atoms with Crippen LogP contribution >= 0.6 is 35.4 Å². The van der Waals surface area contributed by atoms with Crippen LogP contribution in [0.3, 0.4) is 0 Å². The molecular formula is C19H16Cl2N2O2S. The van der Waals surface area contributed by atoms with E-state index in [1.54, 1.807) is 25.1 Å². The summed E-state index contributed by atoms with van der Waals surface area (Å²) in [6.07, 6.45) is 0. The molecule has 4 nitrogen and oxygen atoms in total. The average molecular weight is 407 g/mol. The van der Waals surface area contributed by atoms with Crippen LogP contribution < -0.4 is 10.6 Å². The summed E-state index contributed by atoms with van der Waals surface area (Å²) >= 11 is 17.7. The molecule has 0 radical (unpaired) electrons. The van der Waals surface area contributed by atoms with Gasteiger partial charge in [0.15, 0.2) is 5.11 Å². The lowest BCUT2D eigenvalue weighted by Crippen LogP contribution is -2.45. The molecule has 1 aliphatic rings. The Morgan fingerprint density at radius 3 is 2.62 bits per heavy atom. The fourth-order valence-electron chi connectivity index (χ4n) is 2.74. The first kappa shape index (κ1) is 18.7. The maximum absolute atomic E-state index is 12.8. The molecule has 2 aromatic rings. The first-order valence-corrected chi connectivity index (χ1v) is 9.07. The highest BCUT2D eigenvalue weighted by Gasteiger charge is 2.32. The maximum atomic E-state index is 12.8. The van der Waals surface area contributed by atoms with E-state index in [1.807, 2.05) is 30.3 Å². The van der Waals surface area contributed by atoms with Crippen molar-refractivity contribution in [3.63, 3.8) is 0 Å². The summed E-state index contributed by atoms with van der Waals surface area (Å²) in [6.45, 7) is 1.95. The fraction of sp³-hybridized carbons (Fsp3) is 0.158. The molecule has 0 unspecified atom stereocenters. The van der Waals surface area contributed by atoms with Crippen molar-refractivity contribution < 1.29 is 9.53 Å². The van der Waals surface area contributed by atoms with Crippen molar-refractivity contribution in [2.45, 2.75) is 19.6 Å². The van der Waals surface area contributed by atoms with Crippen molar-refractivity contribution in [3.8, 4) is 0 Å². The third-order valence-corrected chi connectivity index (χ3v) is 5.05. The van der Waals surface area contributed by atoms with Crippen LogP contribution in [-0.4, -0.2) is 11.1 Å². The Bertz CT molecular complexity index is 884. The lowest BCUT2D eigenvalue weighted by molar-refractivity contribution is -0.140. The Morgan fingerprint density at radius 1 is 1.15 bits per heavy atom. The van der Waals surface area contributed by atoms with Gasteiger partial charge in [-0.15, -0.1) is 0 Å². The van der Waals surface area contributed by atoms with Crippen LogP contribution in [0.1, 0.15) is 24.1 Å². The summed E-state index contributed by atoms with van der Waals surface area (Å²) in [5.74, 6) is -0.449. The molecule has 7 heteroatoms. The van der Waals surface area contributed by atoms with Gasteiger partial charge < -0.3 is 15.4 Å². The van der Waals surface area contributed by atoms with Crippen LogP contribution in [0.15, 0.2) is 59.8 Å². The van der Waals surface area contributed by atoms with E-state index < -0.39 is 12.0 Å². The van der Waals surface area contributed by atoms with Gasteiger partial charge in [0, 0.05) is 5.70 Å². The number of benzene rings is 2. The fourth-order valence-corrected chi connectivity index (χ4v) is 3.43. The number of allylic oxidation sites excluding steroid dienone is 1. The Labute approximate surface area is 167 Å². The average Bonchev–Trinajstić information content (AvgIpc) is 2.62. The second-order valence-corrected chi connectivity index (χ2v) is 6.97. The third-order valence-electron chi connectivity index (χ3n) is 3.99. The SMILES string of the molecule is CC1=C(C(=O)OCc2ccccc2)[C@H](c2cccc(Cl)c2Cl)NC(=S)N1. The predicted octanol–water partition coefficient (Wildman–Crippen LogP) is 4.53. The highest BCUT2D eigenvalue weighted by molar-refractivity contribution is 7.80. The largest absolute Gasteiger partial charge is 0.457 e. The molecule has 0 saturated heterocycles. The summed E-state index contributed by atoms with van der Waals surface area (Å²) in [5, 5.41) is 7.23. The number of rotatable bonds is 4. The van der Waals surface area contributed by atoms with Crippen molar-refractivity contribution in [2.75, 3.05) is 0 Å². The van der Waals surface area contributed by atoms with Crippen LogP contribution in [-0.2, 0) is 16.1 Å². The second kappa shape index (κ2) is 8.08. The zero-order chi connectivity index (χ0) is 18.7. The van der Waals surface area contributed by atoms with Gasteiger partial charge in [0.25, 0.3) is 0 Å². The molecule has 1 aliphatic heterocycles. The summed E-state index contributed by atoms with van der Waals surface area (Å²) in [5.41, 5.74) is 2.60. The smallest absolute Gasteiger partial charge is 0.338 e. The Hall–Kier alpha value is -2.08. The van der Waals surface area contributed by atoms with Crippen LogP contribution in [0, 0.1) is 0 Å². The molecule has 0 saturated carbocycles. The minimum Gasteiger partial charge on any atom is -0.457 e. The van der Waals surface area contributed by atoms with Crippen LogP contribution in [0.2, 0.25) is 10.0 Å². The van der Waals surface area contributed by atoms with Crippen LogP contribution in [0.4, 0.5) is 0 Å². The van der Waals surface area contributed by atoms with Gasteiger partial charge in [0.1, 0.15) is 6.61 Å². The standard InChI is InChI=1S/C19H16Cl2N2O2S/c1-11-15(18(24)25-10-12-6-3-2-4-7-12)17(23-19(26)22-11)13-8-5-9-14(20)16(13)21/h2-9,17H,10H2,1H3,(H2,22,23,26)/t17-/m0/s1. The van der Waals surface area contributed by atoms with Crippen molar-refractivity contribution in [3.05, 3.63) is 81.0 Å². The molecule has 0 aliphatic carbocycles. The second-order valence-electron chi connectivity index (χ2n) is 5.77. The molecule has 1 heterocycles. The molecule has 0 spiro atoms. The van der Waals surface area contributed by atoms with E-state index in [9.17, 15) is 4.79 Å². The number of halogens is 2. The van der Waals surface area contributed by atoms with Crippen LogP contribution in [0.5, 0.6) is 0 Å². The van der Waals surface area contributed by atoms with E-state index in [0.29, 0.717) is 32.0 Å². The molecule has 0 aromatic heterocycles. The van der Waals surface area contributed by atoms with Crippen molar-refractivity contribution in [2.24, 2.45) is 0 Å². The molecule has 26 heavy (non-hydrogen) atoms. The van der Waals surface area contributed by atoms with Crippen molar-refractivity contribution in [1.29, 1.82) is 0 Å². The zero-order valence-electron chi connectivity index (χ0n) is 13.9. The first-order valence-electron chi connectivity index (χ1n) is 7.90. The van der Waals surface area contributed by atoms with Gasteiger partial charge in [0.05, 0.1) is 21.7 Å². The maximum Gasteiger partial charge on any atom is 0.338 e. The topological polar surface area (TPSA) is 50.4 Å². The summed E-state index contributed by atoms with van der Waals surface area (Å²) in [4.78, 5) is 12.8. The summed E-state index contributed by atoms with van der Waals surface area (Å²) < 4.78 is 5.50.